The number of hydrogen-bond acceptors (Lipinski definition) is 5. The summed E-state index contributed by atoms with van der Waals surface area (Å²) in [6.45, 7) is 7.08. The first-order valence-corrected chi connectivity index (χ1v) is 10.6. The number of esters is 1. The molecule has 0 amide bonds. The molecule has 0 fully saturated rings. The van der Waals surface area contributed by atoms with Crippen LogP contribution in [0.25, 0.3) is 0 Å². The third-order valence-electron chi connectivity index (χ3n) is 3.14. The molecule has 0 spiro atoms. The molecule has 0 unspecified atom stereocenters. The van der Waals surface area contributed by atoms with Gasteiger partial charge in [0.2, 0.25) is 0 Å². The number of hydrogen-bond donors (Lipinski definition) is 0. The highest BCUT2D eigenvalue weighted by Gasteiger charge is 2.26. The topological polar surface area (TPSA) is 60.4 Å². The van der Waals surface area contributed by atoms with Crippen molar-refractivity contribution in [2.24, 2.45) is 0 Å². The minimum absolute atomic E-state index is 0.242. The van der Waals surface area contributed by atoms with Crippen LogP contribution in [0.4, 0.5) is 0 Å². The van der Waals surface area contributed by atoms with E-state index in [1.807, 2.05) is 0 Å². The zero-order valence-electron chi connectivity index (χ0n) is 13.9. The average Bonchev–Trinajstić information content (AvgIpc) is 2.77. The molecule has 0 saturated heterocycles. The van der Waals surface area contributed by atoms with Crippen LogP contribution < -0.4 is 0 Å². The number of benzene rings is 1. The molecule has 2 rings (SSSR count). The molecule has 130 valence electrons. The number of halogens is 1. The van der Waals surface area contributed by atoms with Crippen LogP contribution in [0.1, 0.15) is 41.6 Å². The summed E-state index contributed by atoms with van der Waals surface area (Å²) >= 11 is 4.51. The van der Waals surface area contributed by atoms with Crippen molar-refractivity contribution < 1.29 is 17.9 Å². The maximum atomic E-state index is 12.7. The predicted octanol–water partition coefficient (Wildman–Crippen LogP) is 4.75. The third-order valence-corrected chi connectivity index (χ3v) is 6.62. The normalized spacial score (nSPS) is 12.2. The van der Waals surface area contributed by atoms with Gasteiger partial charge in [-0.25, -0.2) is 13.2 Å². The number of ether oxygens (including phenoxy) is 1. The molecule has 0 radical (unpaired) electrons. The molecular formula is C17H19BrO4S2. The minimum atomic E-state index is -3.55. The summed E-state index contributed by atoms with van der Waals surface area (Å²) in [7, 11) is -3.55. The molecule has 0 atom stereocenters. The molecule has 24 heavy (non-hydrogen) atoms. The summed E-state index contributed by atoms with van der Waals surface area (Å²) in [5.41, 5.74) is 0.495. The predicted molar refractivity (Wildman–Crippen MR) is 99.3 cm³/mol. The molecule has 0 N–H and O–H groups in total. The fraction of sp³-hybridized carbons (Fsp3) is 0.353. The molecule has 7 heteroatoms. The van der Waals surface area contributed by atoms with E-state index in [-0.39, 0.29) is 10.6 Å². The number of rotatable bonds is 4. The van der Waals surface area contributed by atoms with Crippen molar-refractivity contribution in [2.75, 3.05) is 0 Å². The quantitative estimate of drug-likeness (QED) is 0.656. The molecule has 2 aromatic rings. The largest absolute Gasteiger partial charge is 0.456 e. The lowest BCUT2D eigenvalue weighted by molar-refractivity contribution is 0.00745. The van der Waals surface area contributed by atoms with Gasteiger partial charge >= 0.3 is 5.97 Å². The van der Waals surface area contributed by atoms with Crippen LogP contribution in [0, 0.1) is 6.92 Å². The van der Waals surface area contributed by atoms with Gasteiger partial charge < -0.3 is 4.74 Å². The molecule has 0 aliphatic rings. The Morgan fingerprint density at radius 2 is 1.88 bits per heavy atom. The van der Waals surface area contributed by atoms with Crippen LogP contribution in [0.2, 0.25) is 0 Å². The van der Waals surface area contributed by atoms with E-state index in [4.69, 9.17) is 4.74 Å². The Morgan fingerprint density at radius 3 is 2.46 bits per heavy atom. The highest BCUT2D eigenvalue weighted by Crippen LogP contribution is 2.32. The van der Waals surface area contributed by atoms with E-state index in [0.29, 0.717) is 19.8 Å². The first kappa shape index (κ1) is 19.1. The molecule has 1 aromatic carbocycles. The van der Waals surface area contributed by atoms with Crippen LogP contribution in [0.15, 0.2) is 39.0 Å². The van der Waals surface area contributed by atoms with Crippen LogP contribution in [-0.2, 0) is 20.3 Å². The van der Waals surface area contributed by atoms with Gasteiger partial charge in [-0.3, -0.25) is 0 Å². The SMILES string of the molecule is Cc1ccccc1S(=O)(=O)Cc1cc(Br)sc1C(=O)OC(C)(C)C. The van der Waals surface area contributed by atoms with Crippen molar-refractivity contribution in [3.63, 3.8) is 0 Å². The standard InChI is InChI=1S/C17H19BrO4S2/c1-11-7-5-6-8-13(11)24(20,21)10-12-9-14(18)23-15(12)16(19)22-17(2,3)4/h5-9H,10H2,1-4H3. The van der Waals surface area contributed by atoms with Crippen LogP contribution in [-0.4, -0.2) is 20.0 Å². The summed E-state index contributed by atoms with van der Waals surface area (Å²) in [6, 6.07) is 8.49. The van der Waals surface area contributed by atoms with Crippen molar-refractivity contribution in [1.82, 2.24) is 0 Å². The Hall–Kier alpha value is -1.18. The van der Waals surface area contributed by atoms with Crippen LogP contribution in [0.3, 0.4) is 0 Å². The smallest absolute Gasteiger partial charge is 0.349 e. The molecule has 0 aliphatic carbocycles. The molecule has 0 bridgehead atoms. The first-order valence-electron chi connectivity index (χ1n) is 7.29. The van der Waals surface area contributed by atoms with E-state index in [2.05, 4.69) is 15.9 Å². The number of aryl methyl sites for hydroxylation is 1. The average molecular weight is 431 g/mol. The van der Waals surface area contributed by atoms with E-state index < -0.39 is 21.4 Å². The van der Waals surface area contributed by atoms with E-state index in [0.717, 1.165) is 0 Å². The molecule has 1 aromatic heterocycles. The fourth-order valence-electron chi connectivity index (χ4n) is 2.19. The molecule has 4 nitrogen and oxygen atoms in total. The lowest BCUT2D eigenvalue weighted by atomic mass is 10.2. The summed E-state index contributed by atoms with van der Waals surface area (Å²) in [5, 5.41) is 0. The number of carbonyl (C=O) groups is 1. The molecule has 1 heterocycles. The maximum Gasteiger partial charge on any atom is 0.349 e. The van der Waals surface area contributed by atoms with Crippen LogP contribution >= 0.6 is 27.3 Å². The Balaban J connectivity index is 2.37. The first-order chi connectivity index (χ1) is 11.0. The summed E-state index contributed by atoms with van der Waals surface area (Å²) in [6.07, 6.45) is 0. The Bertz CT molecular complexity index is 861. The highest BCUT2D eigenvalue weighted by molar-refractivity contribution is 9.11. The van der Waals surface area contributed by atoms with E-state index in [1.165, 1.54) is 11.3 Å². The number of thiophene rings is 1. The van der Waals surface area contributed by atoms with Crippen molar-refractivity contribution in [2.45, 2.75) is 43.9 Å². The maximum absolute atomic E-state index is 12.7. The Kier molecular flexibility index (Phi) is 5.57. The summed E-state index contributed by atoms with van der Waals surface area (Å²) in [4.78, 5) is 13.0. The van der Waals surface area contributed by atoms with E-state index in [1.54, 1.807) is 58.0 Å². The Morgan fingerprint density at radius 1 is 1.25 bits per heavy atom. The summed E-state index contributed by atoms with van der Waals surface area (Å²) < 4.78 is 31.5. The van der Waals surface area contributed by atoms with Crippen molar-refractivity contribution in [3.05, 3.63) is 50.1 Å². The molecular weight excluding hydrogens is 412 g/mol. The second-order valence-electron chi connectivity index (χ2n) is 6.43. The van der Waals surface area contributed by atoms with E-state index in [9.17, 15) is 13.2 Å². The molecule has 0 aliphatic heterocycles. The van der Waals surface area contributed by atoms with Crippen molar-refractivity contribution in [1.29, 1.82) is 0 Å². The summed E-state index contributed by atoms with van der Waals surface area (Å²) in [5.74, 6) is -0.748. The van der Waals surface area contributed by atoms with Gasteiger partial charge in [-0.05, 0) is 66.9 Å². The minimum Gasteiger partial charge on any atom is -0.456 e. The van der Waals surface area contributed by atoms with Crippen molar-refractivity contribution >= 4 is 43.1 Å². The van der Waals surface area contributed by atoms with Crippen LogP contribution in [0.5, 0.6) is 0 Å². The second-order valence-corrected chi connectivity index (χ2v) is 10.8. The number of sulfone groups is 1. The monoisotopic (exact) mass is 430 g/mol. The molecule has 0 saturated carbocycles. The Labute approximate surface area is 154 Å². The fourth-order valence-corrected chi connectivity index (χ4v) is 5.46. The van der Waals surface area contributed by atoms with Gasteiger partial charge in [-0.15, -0.1) is 11.3 Å². The van der Waals surface area contributed by atoms with Gasteiger partial charge in [0, 0.05) is 0 Å². The lowest BCUT2D eigenvalue weighted by Gasteiger charge is -2.19. The van der Waals surface area contributed by atoms with Gasteiger partial charge in [-0.1, -0.05) is 18.2 Å². The van der Waals surface area contributed by atoms with Gasteiger partial charge in [0.15, 0.2) is 9.84 Å². The lowest BCUT2D eigenvalue weighted by Crippen LogP contribution is -2.24. The van der Waals surface area contributed by atoms with Crippen molar-refractivity contribution in [3.8, 4) is 0 Å². The van der Waals surface area contributed by atoms with Gasteiger partial charge in [-0.2, -0.15) is 0 Å². The zero-order chi connectivity index (χ0) is 18.1. The number of carbonyl (C=O) groups excluding carboxylic acids is 1. The second kappa shape index (κ2) is 6.98. The third kappa shape index (κ3) is 4.68. The zero-order valence-corrected chi connectivity index (χ0v) is 17.1. The highest BCUT2D eigenvalue weighted by atomic mass is 79.9. The van der Waals surface area contributed by atoms with Gasteiger partial charge in [0.1, 0.15) is 10.5 Å². The van der Waals surface area contributed by atoms with Gasteiger partial charge in [0.05, 0.1) is 14.4 Å². The van der Waals surface area contributed by atoms with E-state index >= 15 is 0 Å². The van der Waals surface area contributed by atoms with Gasteiger partial charge in [0.25, 0.3) is 0 Å².